The molecule has 2 radical (unpaired) electrons. The Balaban J connectivity index is 1.81. The molecule has 1 aromatic rings. The monoisotopic (exact) mass is 1150 g/mol. The van der Waals surface area contributed by atoms with Gasteiger partial charge in [-0.2, -0.15) is 0 Å². The summed E-state index contributed by atoms with van der Waals surface area (Å²) in [5, 5.41) is 14.4. The smallest absolute Gasteiger partial charge is 0.410 e. The zero-order valence-corrected chi connectivity index (χ0v) is 52.5. The highest BCUT2D eigenvalue weighted by Crippen LogP contribution is 2.40. The van der Waals surface area contributed by atoms with E-state index in [0.29, 0.717) is 46.4 Å². The van der Waals surface area contributed by atoms with Gasteiger partial charge in [0.25, 0.3) is 0 Å². The van der Waals surface area contributed by atoms with E-state index in [4.69, 9.17) is 24.7 Å². The fourth-order valence-corrected chi connectivity index (χ4v) is 12.0. The van der Waals surface area contributed by atoms with Crippen LogP contribution in [-0.2, 0) is 47.7 Å². The van der Waals surface area contributed by atoms with Crippen LogP contribution in [0.3, 0.4) is 0 Å². The van der Waals surface area contributed by atoms with Crippen molar-refractivity contribution in [3.8, 4) is 0 Å². The molecule has 456 valence electrons. The van der Waals surface area contributed by atoms with E-state index >= 15 is 0 Å². The number of methoxy groups -OCH3 is 2. The van der Waals surface area contributed by atoms with E-state index in [1.165, 1.54) is 26.2 Å². The summed E-state index contributed by atoms with van der Waals surface area (Å²) in [6.45, 7) is 28.6. The summed E-state index contributed by atoms with van der Waals surface area (Å²) in [6, 6.07) is 4.76. The molecule has 0 spiro atoms. The number of nitrogens with two attached hydrogens (primary N) is 1. The number of amides is 9. The third-order valence-corrected chi connectivity index (χ3v) is 16.7. The van der Waals surface area contributed by atoms with Crippen LogP contribution >= 0.6 is 0 Å². The minimum absolute atomic E-state index is 0.0908. The quantitative estimate of drug-likeness (QED) is 0.0224. The number of primary amides is 1. The van der Waals surface area contributed by atoms with Crippen molar-refractivity contribution < 1.29 is 57.3 Å². The first-order chi connectivity index (χ1) is 37.9. The van der Waals surface area contributed by atoms with Gasteiger partial charge in [-0.05, 0) is 81.7 Å². The maximum absolute atomic E-state index is 14.7. The molecule has 2 aliphatic heterocycles. The molecule has 9 amide bonds. The summed E-state index contributed by atoms with van der Waals surface area (Å²) in [6.07, 6.45) is -1.44. The molecule has 22 heteroatoms. The lowest BCUT2D eigenvalue weighted by molar-refractivity contribution is -0.147. The van der Waals surface area contributed by atoms with Crippen molar-refractivity contribution in [1.29, 1.82) is 0 Å². The normalized spacial score (nSPS) is 19.4. The van der Waals surface area contributed by atoms with E-state index in [1.807, 2.05) is 85.7 Å². The molecule has 0 aromatic heterocycles. The molecule has 0 saturated carbocycles. The number of carbonyl (C=O) groups excluding carboxylic acids is 8. The van der Waals surface area contributed by atoms with Crippen LogP contribution in [0.2, 0.25) is 11.6 Å². The molecule has 2 fully saturated rings. The lowest BCUT2D eigenvalue weighted by atomic mass is 9.89. The number of rotatable bonds is 32. The van der Waals surface area contributed by atoms with Crippen LogP contribution < -0.4 is 32.3 Å². The van der Waals surface area contributed by atoms with Crippen LogP contribution in [-0.4, -0.2) is 174 Å². The van der Waals surface area contributed by atoms with Crippen molar-refractivity contribution in [1.82, 2.24) is 41.3 Å². The van der Waals surface area contributed by atoms with Crippen LogP contribution in [0.5, 0.6) is 0 Å². The second-order valence-corrected chi connectivity index (χ2v) is 25.6. The number of benzene rings is 1. The lowest BCUT2D eigenvalue weighted by Crippen LogP contribution is -2.60. The van der Waals surface area contributed by atoms with Crippen molar-refractivity contribution in [2.24, 2.45) is 41.2 Å². The van der Waals surface area contributed by atoms with Gasteiger partial charge in [-0.1, -0.05) is 117 Å². The van der Waals surface area contributed by atoms with E-state index in [9.17, 15) is 38.4 Å². The van der Waals surface area contributed by atoms with Crippen LogP contribution in [0.15, 0.2) is 42.5 Å². The fraction of sp³-hybridized carbons (Fsp3) is 0.729. The number of likely N-dealkylation sites (N-methyl/N-ethyl adjacent to an activating group) is 2. The molecule has 3 rings (SSSR count). The third-order valence-electron chi connectivity index (χ3n) is 15.5. The van der Waals surface area contributed by atoms with E-state index in [-0.39, 0.29) is 79.3 Å². The van der Waals surface area contributed by atoms with Gasteiger partial charge in [-0.3, -0.25) is 33.7 Å². The number of ether oxygens (including phenoxy) is 4. The maximum atomic E-state index is 14.7. The molecule has 2 aliphatic rings. The van der Waals surface area contributed by atoms with Gasteiger partial charge in [0.15, 0.2) is 0 Å². The number of nitrogens with zero attached hydrogens (tertiary/aromatic N) is 3. The molecular formula is C59H99N9O12Si. The standard InChI is InChI=1S/C59H99N9O12Si/c1-19-36(8)48(66(15)56(74)46(34(4)5)65-55(73)47(35(6)7)67(16)58(76)80-59(12,13)14)42(77-17)30-44(69)68-29-27-37(9)49(68)50(78-18)38(10)52(70)63-39(11)51(40-24-21-20-22-25-40)79-32-62-53(71)41(26-23-28-61-57(60)75)64-54(72)45(33(2)3)43-31-81-43/h20-22,24-25,33-36,38-39,41-43,45-51H,9,19,23,26-32H2,1-8,10-18H3,(H,62,71)(H,63,70)(H,64,72)(H,65,73)(H3,60,61,75)/t36-,38+,39+,41-,42+,43?,45+,46-,47-,48-,49-,50+,51+/m0/s1. The van der Waals surface area contributed by atoms with Crippen molar-refractivity contribution in [2.45, 2.75) is 194 Å². The Morgan fingerprint density at radius 2 is 1.44 bits per heavy atom. The van der Waals surface area contributed by atoms with Crippen molar-refractivity contribution in [3.63, 3.8) is 0 Å². The second-order valence-electron chi connectivity index (χ2n) is 24.0. The third kappa shape index (κ3) is 20.4. The summed E-state index contributed by atoms with van der Waals surface area (Å²) in [5.74, 6) is -3.99. The first kappa shape index (κ1) is 69.7. The second kappa shape index (κ2) is 32.3. The molecule has 2 saturated heterocycles. The van der Waals surface area contributed by atoms with E-state index in [0.717, 1.165) is 11.6 Å². The fourth-order valence-electron chi connectivity index (χ4n) is 10.8. The molecular weight excluding hydrogens is 1050 g/mol. The molecule has 1 aromatic carbocycles. The zero-order valence-electron chi connectivity index (χ0n) is 51.5. The summed E-state index contributed by atoms with van der Waals surface area (Å²) in [4.78, 5) is 114. The van der Waals surface area contributed by atoms with Gasteiger partial charge in [0.1, 0.15) is 36.6 Å². The number of hydrogen-bond donors (Lipinski definition) is 6. The molecule has 13 atom stereocenters. The highest BCUT2D eigenvalue weighted by Gasteiger charge is 2.46. The zero-order chi connectivity index (χ0) is 61.2. The minimum Gasteiger partial charge on any atom is -0.444 e. The first-order valence-corrected chi connectivity index (χ1v) is 30.1. The molecule has 2 heterocycles. The van der Waals surface area contributed by atoms with Crippen LogP contribution in [0.25, 0.3) is 0 Å². The Bertz CT molecular complexity index is 2260. The van der Waals surface area contributed by atoms with Crippen molar-refractivity contribution >= 4 is 57.1 Å². The summed E-state index contributed by atoms with van der Waals surface area (Å²) < 4.78 is 24.1. The molecule has 21 nitrogen and oxygen atoms in total. The molecule has 0 bridgehead atoms. The summed E-state index contributed by atoms with van der Waals surface area (Å²) in [7, 11) is 6.87. The number of carbonyl (C=O) groups is 8. The van der Waals surface area contributed by atoms with Gasteiger partial charge < -0.3 is 61.1 Å². The van der Waals surface area contributed by atoms with Gasteiger partial charge in [0.2, 0.25) is 35.4 Å². The Kier molecular flexibility index (Phi) is 27.8. The molecule has 81 heavy (non-hydrogen) atoms. The predicted molar refractivity (Wildman–Crippen MR) is 312 cm³/mol. The van der Waals surface area contributed by atoms with Gasteiger partial charge in [-0.25, -0.2) is 9.59 Å². The van der Waals surface area contributed by atoms with Gasteiger partial charge in [0.05, 0.1) is 42.7 Å². The number of hydrogen-bond acceptors (Lipinski definition) is 12. The van der Waals surface area contributed by atoms with E-state index in [1.54, 1.807) is 51.5 Å². The predicted octanol–water partition coefficient (Wildman–Crippen LogP) is 5.57. The Morgan fingerprint density at radius 1 is 0.815 bits per heavy atom. The summed E-state index contributed by atoms with van der Waals surface area (Å²) >= 11 is 0. The lowest BCUT2D eigenvalue weighted by Gasteiger charge is -2.41. The Labute approximate surface area is 485 Å². The molecule has 0 aliphatic carbocycles. The highest BCUT2D eigenvalue weighted by atomic mass is 28.2. The van der Waals surface area contributed by atoms with Crippen molar-refractivity contribution in [2.75, 3.05) is 48.1 Å². The van der Waals surface area contributed by atoms with E-state index in [2.05, 4.69) is 33.2 Å². The summed E-state index contributed by atoms with van der Waals surface area (Å²) in [5.41, 5.74) is 6.21. The average Bonchev–Trinajstić information content (AvgIpc) is 4.26. The van der Waals surface area contributed by atoms with Crippen LogP contribution in [0.4, 0.5) is 9.59 Å². The Hall–Kier alpha value is -5.58. The van der Waals surface area contributed by atoms with Crippen LogP contribution in [0, 0.1) is 35.5 Å². The Morgan fingerprint density at radius 3 is 1.96 bits per heavy atom. The maximum Gasteiger partial charge on any atom is 0.410 e. The topological polar surface area (TPSA) is 269 Å². The number of urea groups is 1. The molecule has 1 unspecified atom stereocenters. The number of likely N-dealkylation sites (tertiary alicyclic amines) is 1. The van der Waals surface area contributed by atoms with E-state index < -0.39 is 90.0 Å². The SMILES string of the molecule is C=C1CCN(C(=O)C[C@@H](OC)[C@H]([C@@H](C)CC)N(C)C(=O)[C@@H](NC(=O)[C@H](C(C)C)N(C)C(=O)OC(C)(C)C)C(C)C)[C@@H]1[C@H](OC)[C@@H](C)C(=O)N[C@H](C)[C@@H](OCNC(=O)[C@H](CCCNC(N)=O)NC(=O)[C@H](C(C)C)C1C[Si]1)c1ccccc1. The van der Waals surface area contributed by atoms with Gasteiger partial charge >= 0.3 is 12.1 Å². The van der Waals surface area contributed by atoms with Gasteiger partial charge in [0, 0.05) is 56.8 Å². The molecule has 7 N–H and O–H groups in total. The first-order valence-electron chi connectivity index (χ1n) is 28.8. The minimum atomic E-state index is -0.988. The van der Waals surface area contributed by atoms with Crippen molar-refractivity contribution in [3.05, 3.63) is 48.0 Å². The van der Waals surface area contributed by atoms with Crippen LogP contribution in [0.1, 0.15) is 134 Å². The number of nitrogens with one attached hydrogen (secondary N) is 5. The van der Waals surface area contributed by atoms with Gasteiger partial charge in [-0.15, -0.1) is 0 Å². The average molecular weight is 1150 g/mol. The largest absolute Gasteiger partial charge is 0.444 e. The highest BCUT2D eigenvalue weighted by molar-refractivity contribution is 6.51.